The Morgan fingerprint density at radius 1 is 1.45 bits per heavy atom. The molecule has 106 valence electrons. The molecule has 0 N–H and O–H groups in total. The molecule has 4 heteroatoms. The third-order valence-corrected chi connectivity index (χ3v) is 3.62. The van der Waals surface area contributed by atoms with Crippen molar-refractivity contribution >= 4 is 5.91 Å². The number of piperidine rings is 1. The van der Waals surface area contributed by atoms with Crippen molar-refractivity contribution in [2.45, 2.75) is 19.8 Å². The standard InChI is InChI=1S/C16H20N2O2/c1-2-20-12-14-4-3-9-18(11-14)16(19)15-7-5-13(10-17)6-8-15/h5-8,14H,2-4,9,11-12H2,1H3. The molecule has 1 fully saturated rings. The second kappa shape index (κ2) is 7.06. The van der Waals surface area contributed by atoms with Gasteiger partial charge in [-0.3, -0.25) is 4.79 Å². The number of nitrogens with zero attached hydrogens (tertiary/aromatic N) is 2. The fourth-order valence-corrected chi connectivity index (χ4v) is 2.54. The lowest BCUT2D eigenvalue weighted by atomic mass is 9.98. The van der Waals surface area contributed by atoms with Gasteiger partial charge in [-0.2, -0.15) is 5.26 Å². The smallest absolute Gasteiger partial charge is 0.253 e. The lowest BCUT2D eigenvalue weighted by Gasteiger charge is -2.32. The van der Waals surface area contributed by atoms with Gasteiger partial charge >= 0.3 is 0 Å². The molecule has 0 bridgehead atoms. The van der Waals surface area contributed by atoms with Gasteiger partial charge in [0.15, 0.2) is 0 Å². The number of likely N-dealkylation sites (tertiary alicyclic amines) is 1. The molecule has 0 aliphatic carbocycles. The van der Waals surface area contributed by atoms with Crippen molar-refractivity contribution in [3.63, 3.8) is 0 Å². The first-order valence-electron chi connectivity index (χ1n) is 7.11. The summed E-state index contributed by atoms with van der Waals surface area (Å²) < 4.78 is 5.46. The van der Waals surface area contributed by atoms with Gasteiger partial charge in [0.25, 0.3) is 5.91 Å². The zero-order chi connectivity index (χ0) is 14.4. The maximum atomic E-state index is 12.4. The summed E-state index contributed by atoms with van der Waals surface area (Å²) in [5.74, 6) is 0.488. The summed E-state index contributed by atoms with van der Waals surface area (Å²) in [5.41, 5.74) is 1.23. The van der Waals surface area contributed by atoms with Crippen LogP contribution in [0.4, 0.5) is 0 Å². The molecule has 1 amide bonds. The van der Waals surface area contributed by atoms with Gasteiger partial charge in [0.05, 0.1) is 18.2 Å². The van der Waals surface area contributed by atoms with Crippen molar-refractivity contribution in [2.75, 3.05) is 26.3 Å². The topological polar surface area (TPSA) is 53.3 Å². The lowest BCUT2D eigenvalue weighted by Crippen LogP contribution is -2.41. The van der Waals surface area contributed by atoms with E-state index in [0.717, 1.165) is 39.1 Å². The molecule has 1 aliphatic heterocycles. The molecular formula is C16H20N2O2. The van der Waals surface area contributed by atoms with E-state index >= 15 is 0 Å². The number of carbonyl (C=O) groups excluding carboxylic acids is 1. The van der Waals surface area contributed by atoms with Crippen LogP contribution in [0.3, 0.4) is 0 Å². The maximum Gasteiger partial charge on any atom is 0.253 e. The van der Waals surface area contributed by atoms with Crippen LogP contribution in [0.2, 0.25) is 0 Å². The lowest BCUT2D eigenvalue weighted by molar-refractivity contribution is 0.0501. The minimum absolute atomic E-state index is 0.0516. The van der Waals surface area contributed by atoms with Crippen LogP contribution in [0, 0.1) is 17.2 Å². The van der Waals surface area contributed by atoms with Crippen LogP contribution in [0.15, 0.2) is 24.3 Å². The van der Waals surface area contributed by atoms with Gasteiger partial charge in [-0.25, -0.2) is 0 Å². The van der Waals surface area contributed by atoms with E-state index in [4.69, 9.17) is 10.00 Å². The quantitative estimate of drug-likeness (QED) is 0.846. The van der Waals surface area contributed by atoms with Gasteiger partial charge in [0, 0.05) is 25.3 Å². The predicted molar refractivity (Wildman–Crippen MR) is 76.3 cm³/mol. The Morgan fingerprint density at radius 3 is 2.85 bits per heavy atom. The third kappa shape index (κ3) is 3.58. The van der Waals surface area contributed by atoms with Crippen molar-refractivity contribution in [3.05, 3.63) is 35.4 Å². The van der Waals surface area contributed by atoms with Crippen molar-refractivity contribution in [1.29, 1.82) is 5.26 Å². The summed E-state index contributed by atoms with van der Waals surface area (Å²) in [5, 5.41) is 8.77. The Kier molecular flexibility index (Phi) is 5.14. The number of benzene rings is 1. The second-order valence-electron chi connectivity index (χ2n) is 5.11. The molecule has 1 aromatic rings. The van der Waals surface area contributed by atoms with Gasteiger partial charge in [-0.15, -0.1) is 0 Å². The van der Waals surface area contributed by atoms with Gasteiger partial charge < -0.3 is 9.64 Å². The number of nitriles is 1. The van der Waals surface area contributed by atoms with E-state index < -0.39 is 0 Å². The molecule has 1 saturated heterocycles. The van der Waals surface area contributed by atoms with E-state index in [-0.39, 0.29) is 5.91 Å². The fourth-order valence-electron chi connectivity index (χ4n) is 2.54. The van der Waals surface area contributed by atoms with Gasteiger partial charge in [-0.05, 0) is 49.9 Å². The van der Waals surface area contributed by atoms with E-state index in [0.29, 0.717) is 17.0 Å². The van der Waals surface area contributed by atoms with E-state index in [9.17, 15) is 4.79 Å². The highest BCUT2D eigenvalue weighted by Crippen LogP contribution is 2.19. The Hall–Kier alpha value is -1.86. The maximum absolute atomic E-state index is 12.4. The highest BCUT2D eigenvalue weighted by Gasteiger charge is 2.24. The van der Waals surface area contributed by atoms with Crippen LogP contribution >= 0.6 is 0 Å². The summed E-state index contributed by atoms with van der Waals surface area (Å²) in [6, 6.07) is 8.90. The van der Waals surface area contributed by atoms with E-state index in [2.05, 4.69) is 6.07 Å². The first-order valence-corrected chi connectivity index (χ1v) is 7.11. The Labute approximate surface area is 120 Å². The van der Waals surface area contributed by atoms with E-state index in [1.807, 2.05) is 11.8 Å². The van der Waals surface area contributed by atoms with Crippen molar-refractivity contribution in [3.8, 4) is 6.07 Å². The number of carbonyl (C=O) groups is 1. The molecule has 1 unspecified atom stereocenters. The average molecular weight is 272 g/mol. The number of rotatable bonds is 4. The Balaban J connectivity index is 1.98. The molecule has 4 nitrogen and oxygen atoms in total. The summed E-state index contributed by atoms with van der Waals surface area (Å²) in [4.78, 5) is 14.3. The van der Waals surface area contributed by atoms with Crippen LogP contribution in [-0.2, 0) is 4.74 Å². The molecule has 2 rings (SSSR count). The fraction of sp³-hybridized carbons (Fsp3) is 0.500. The molecule has 20 heavy (non-hydrogen) atoms. The van der Waals surface area contributed by atoms with Crippen LogP contribution in [0.1, 0.15) is 35.7 Å². The van der Waals surface area contributed by atoms with Crippen LogP contribution in [0.5, 0.6) is 0 Å². The number of amides is 1. The molecule has 0 aromatic heterocycles. The highest BCUT2D eigenvalue weighted by molar-refractivity contribution is 5.94. The summed E-state index contributed by atoms with van der Waals surface area (Å²) in [6.45, 7) is 5.01. The van der Waals surface area contributed by atoms with E-state index in [1.54, 1.807) is 24.3 Å². The van der Waals surface area contributed by atoms with Gasteiger partial charge in [-0.1, -0.05) is 0 Å². The van der Waals surface area contributed by atoms with Crippen LogP contribution in [0.25, 0.3) is 0 Å². The normalized spacial score (nSPS) is 18.6. The molecule has 1 aliphatic rings. The first-order chi connectivity index (χ1) is 9.74. The van der Waals surface area contributed by atoms with Crippen molar-refractivity contribution in [2.24, 2.45) is 5.92 Å². The second-order valence-corrected chi connectivity index (χ2v) is 5.11. The largest absolute Gasteiger partial charge is 0.381 e. The number of hydrogen-bond donors (Lipinski definition) is 0. The summed E-state index contributed by atoms with van der Waals surface area (Å²) in [7, 11) is 0. The Morgan fingerprint density at radius 2 is 2.20 bits per heavy atom. The SMILES string of the molecule is CCOCC1CCCN(C(=O)c2ccc(C#N)cc2)C1. The minimum atomic E-state index is 0.0516. The van der Waals surface area contributed by atoms with Crippen molar-refractivity contribution in [1.82, 2.24) is 4.90 Å². The zero-order valence-corrected chi connectivity index (χ0v) is 11.8. The molecule has 1 aromatic carbocycles. The average Bonchev–Trinajstić information content (AvgIpc) is 2.52. The molecule has 1 atom stereocenters. The first kappa shape index (κ1) is 14.5. The van der Waals surface area contributed by atoms with Gasteiger partial charge in [0.2, 0.25) is 0 Å². The molecule has 0 saturated carbocycles. The molecule has 0 radical (unpaired) electrons. The predicted octanol–water partition coefficient (Wildman–Crippen LogP) is 2.45. The van der Waals surface area contributed by atoms with E-state index in [1.165, 1.54) is 0 Å². The monoisotopic (exact) mass is 272 g/mol. The highest BCUT2D eigenvalue weighted by atomic mass is 16.5. The van der Waals surface area contributed by atoms with Crippen LogP contribution in [-0.4, -0.2) is 37.1 Å². The third-order valence-electron chi connectivity index (χ3n) is 3.62. The minimum Gasteiger partial charge on any atom is -0.381 e. The Bertz CT molecular complexity index is 490. The molecule has 0 spiro atoms. The number of hydrogen-bond acceptors (Lipinski definition) is 3. The van der Waals surface area contributed by atoms with Crippen molar-refractivity contribution < 1.29 is 9.53 Å². The number of ether oxygens (including phenoxy) is 1. The molecule has 1 heterocycles. The summed E-state index contributed by atoms with van der Waals surface area (Å²) in [6.07, 6.45) is 2.15. The molecular weight excluding hydrogens is 252 g/mol. The van der Waals surface area contributed by atoms with Crippen LogP contribution < -0.4 is 0 Å². The summed E-state index contributed by atoms with van der Waals surface area (Å²) >= 11 is 0. The zero-order valence-electron chi connectivity index (χ0n) is 11.8. The van der Waals surface area contributed by atoms with Gasteiger partial charge in [0.1, 0.15) is 0 Å².